The highest BCUT2D eigenvalue weighted by Gasteiger charge is 2.15. The summed E-state index contributed by atoms with van der Waals surface area (Å²) in [5, 5.41) is 9.19. The highest BCUT2D eigenvalue weighted by atomic mass is 16.3. The molecule has 0 aliphatic rings. The van der Waals surface area contributed by atoms with Gasteiger partial charge in [0.25, 0.3) is 5.91 Å². The molecule has 4 heteroatoms. The first-order chi connectivity index (χ1) is 10.6. The summed E-state index contributed by atoms with van der Waals surface area (Å²) in [6.07, 6.45) is 0. The van der Waals surface area contributed by atoms with E-state index >= 15 is 0 Å². The number of aliphatic hydroxyl groups excluding tert-OH is 1. The molecule has 0 aliphatic heterocycles. The summed E-state index contributed by atoms with van der Waals surface area (Å²) < 4.78 is 0. The van der Waals surface area contributed by atoms with Gasteiger partial charge in [0.15, 0.2) is 5.78 Å². The van der Waals surface area contributed by atoms with Crippen molar-refractivity contribution in [3.63, 3.8) is 0 Å². The molecule has 0 spiro atoms. The highest BCUT2D eigenvalue weighted by molar-refractivity contribution is 5.94. The minimum absolute atomic E-state index is 0.0131. The minimum atomic E-state index is -0.120. The van der Waals surface area contributed by atoms with Gasteiger partial charge in [-0.15, -0.1) is 0 Å². The molecule has 0 aliphatic carbocycles. The van der Waals surface area contributed by atoms with Crippen LogP contribution in [0.2, 0.25) is 0 Å². The van der Waals surface area contributed by atoms with Crippen LogP contribution in [0.1, 0.15) is 33.2 Å². The van der Waals surface area contributed by atoms with E-state index in [1.807, 2.05) is 30.3 Å². The largest absolute Gasteiger partial charge is 0.395 e. The summed E-state index contributed by atoms with van der Waals surface area (Å²) >= 11 is 0. The van der Waals surface area contributed by atoms with Gasteiger partial charge in [0, 0.05) is 24.2 Å². The number of benzene rings is 2. The predicted octanol–water partition coefficient (Wildman–Crippen LogP) is 2.52. The van der Waals surface area contributed by atoms with Crippen molar-refractivity contribution in [2.24, 2.45) is 0 Å². The quantitative estimate of drug-likeness (QED) is 0.834. The van der Waals surface area contributed by atoms with Crippen molar-refractivity contribution in [2.75, 3.05) is 13.2 Å². The molecular formula is C18H19NO3. The van der Waals surface area contributed by atoms with Gasteiger partial charge in [-0.05, 0) is 24.6 Å². The Kier molecular flexibility index (Phi) is 5.44. The van der Waals surface area contributed by atoms with Gasteiger partial charge in [0.05, 0.1) is 6.61 Å². The van der Waals surface area contributed by atoms with Gasteiger partial charge in [0.1, 0.15) is 0 Å². The van der Waals surface area contributed by atoms with Gasteiger partial charge >= 0.3 is 0 Å². The van der Waals surface area contributed by atoms with Crippen LogP contribution in [0.25, 0.3) is 0 Å². The molecule has 0 fully saturated rings. The number of carbonyl (C=O) groups excluding carboxylic acids is 2. The zero-order valence-electron chi connectivity index (χ0n) is 12.5. The predicted molar refractivity (Wildman–Crippen MR) is 84.7 cm³/mol. The fraction of sp³-hybridized carbons (Fsp3) is 0.222. The normalized spacial score (nSPS) is 10.3. The number of ketones is 1. The second kappa shape index (κ2) is 7.52. The van der Waals surface area contributed by atoms with E-state index in [0.29, 0.717) is 17.7 Å². The summed E-state index contributed by atoms with van der Waals surface area (Å²) in [5.41, 5.74) is 2.16. The molecule has 0 radical (unpaired) electrons. The van der Waals surface area contributed by atoms with Gasteiger partial charge in [-0.25, -0.2) is 0 Å². The monoisotopic (exact) mass is 297 g/mol. The lowest BCUT2D eigenvalue weighted by Crippen LogP contribution is -2.33. The van der Waals surface area contributed by atoms with E-state index in [2.05, 4.69) is 0 Å². The van der Waals surface area contributed by atoms with Crippen molar-refractivity contribution >= 4 is 11.7 Å². The number of hydrogen-bond donors (Lipinski definition) is 1. The number of nitrogens with zero attached hydrogens (tertiary/aromatic N) is 1. The van der Waals surface area contributed by atoms with Gasteiger partial charge in [-0.1, -0.05) is 42.5 Å². The standard InChI is InChI=1S/C18H19NO3/c1-14(21)16-9-7-15(8-10-16)13-19(11-12-20)18(22)17-5-3-2-4-6-17/h2-10,20H,11-13H2,1H3. The average Bonchev–Trinajstić information content (AvgIpc) is 2.55. The lowest BCUT2D eigenvalue weighted by atomic mass is 10.1. The van der Waals surface area contributed by atoms with Gasteiger partial charge < -0.3 is 10.0 Å². The van der Waals surface area contributed by atoms with Crippen molar-refractivity contribution in [2.45, 2.75) is 13.5 Å². The Labute approximate surface area is 130 Å². The van der Waals surface area contributed by atoms with E-state index < -0.39 is 0 Å². The van der Waals surface area contributed by atoms with Crippen LogP contribution in [0, 0.1) is 0 Å². The third-order valence-electron chi connectivity index (χ3n) is 3.41. The molecule has 22 heavy (non-hydrogen) atoms. The molecule has 2 aromatic rings. The molecule has 114 valence electrons. The molecular weight excluding hydrogens is 278 g/mol. The topological polar surface area (TPSA) is 57.6 Å². The number of carbonyl (C=O) groups is 2. The maximum atomic E-state index is 12.5. The first kappa shape index (κ1) is 15.9. The molecule has 0 heterocycles. The minimum Gasteiger partial charge on any atom is -0.395 e. The van der Waals surface area contributed by atoms with Crippen LogP contribution in [0.15, 0.2) is 54.6 Å². The molecule has 0 unspecified atom stereocenters. The second-order valence-corrected chi connectivity index (χ2v) is 5.07. The molecule has 0 bridgehead atoms. The molecule has 2 aromatic carbocycles. The third-order valence-corrected chi connectivity index (χ3v) is 3.41. The number of amides is 1. The fourth-order valence-electron chi connectivity index (χ4n) is 2.20. The van der Waals surface area contributed by atoms with Crippen LogP contribution in [0.3, 0.4) is 0 Å². The Morgan fingerprint density at radius 2 is 1.59 bits per heavy atom. The first-order valence-corrected chi connectivity index (χ1v) is 7.17. The summed E-state index contributed by atoms with van der Waals surface area (Å²) in [4.78, 5) is 25.3. The fourth-order valence-corrected chi connectivity index (χ4v) is 2.20. The first-order valence-electron chi connectivity index (χ1n) is 7.17. The average molecular weight is 297 g/mol. The van der Waals surface area contributed by atoms with Crippen molar-refractivity contribution in [1.29, 1.82) is 0 Å². The lowest BCUT2D eigenvalue weighted by Gasteiger charge is -2.22. The Balaban J connectivity index is 2.14. The van der Waals surface area contributed by atoms with Crippen LogP contribution >= 0.6 is 0 Å². The van der Waals surface area contributed by atoms with Crippen molar-refractivity contribution < 1.29 is 14.7 Å². The molecule has 1 amide bonds. The summed E-state index contributed by atoms with van der Waals surface area (Å²) in [6, 6.07) is 16.2. The van der Waals surface area contributed by atoms with Crippen molar-refractivity contribution in [1.82, 2.24) is 4.90 Å². The molecule has 2 rings (SSSR count). The van der Waals surface area contributed by atoms with Crippen molar-refractivity contribution in [3.05, 3.63) is 71.3 Å². The van der Waals surface area contributed by atoms with Crippen LogP contribution in [-0.2, 0) is 6.54 Å². The van der Waals surface area contributed by atoms with E-state index in [1.54, 1.807) is 29.2 Å². The van der Waals surface area contributed by atoms with E-state index in [0.717, 1.165) is 5.56 Å². The number of rotatable bonds is 6. The zero-order chi connectivity index (χ0) is 15.9. The van der Waals surface area contributed by atoms with Crippen LogP contribution in [-0.4, -0.2) is 34.8 Å². The Bertz CT molecular complexity index is 635. The van der Waals surface area contributed by atoms with Gasteiger partial charge in [-0.3, -0.25) is 9.59 Å². The Morgan fingerprint density at radius 1 is 0.955 bits per heavy atom. The molecule has 1 N–H and O–H groups in total. The van der Waals surface area contributed by atoms with E-state index in [-0.39, 0.29) is 24.8 Å². The Morgan fingerprint density at radius 3 is 2.14 bits per heavy atom. The summed E-state index contributed by atoms with van der Waals surface area (Å²) in [7, 11) is 0. The van der Waals surface area contributed by atoms with E-state index in [1.165, 1.54) is 6.92 Å². The SMILES string of the molecule is CC(=O)c1ccc(CN(CCO)C(=O)c2ccccc2)cc1. The maximum Gasteiger partial charge on any atom is 0.254 e. The number of hydrogen-bond acceptors (Lipinski definition) is 3. The Hall–Kier alpha value is -2.46. The highest BCUT2D eigenvalue weighted by Crippen LogP contribution is 2.11. The molecule has 0 saturated heterocycles. The van der Waals surface area contributed by atoms with Gasteiger partial charge in [-0.2, -0.15) is 0 Å². The molecule has 0 aromatic heterocycles. The van der Waals surface area contributed by atoms with E-state index in [4.69, 9.17) is 0 Å². The molecule has 0 atom stereocenters. The number of Topliss-reactive ketones (excluding diaryl/α,β-unsaturated/α-hetero) is 1. The van der Waals surface area contributed by atoms with Crippen LogP contribution in [0.4, 0.5) is 0 Å². The van der Waals surface area contributed by atoms with Crippen LogP contribution in [0.5, 0.6) is 0 Å². The zero-order valence-corrected chi connectivity index (χ0v) is 12.5. The van der Waals surface area contributed by atoms with Crippen molar-refractivity contribution in [3.8, 4) is 0 Å². The van der Waals surface area contributed by atoms with E-state index in [9.17, 15) is 14.7 Å². The smallest absolute Gasteiger partial charge is 0.254 e. The molecule has 4 nitrogen and oxygen atoms in total. The summed E-state index contributed by atoms with van der Waals surface area (Å²) in [6.45, 7) is 2.09. The molecule has 0 saturated carbocycles. The van der Waals surface area contributed by atoms with Crippen LogP contribution < -0.4 is 0 Å². The maximum absolute atomic E-state index is 12.5. The lowest BCUT2D eigenvalue weighted by molar-refractivity contribution is 0.0707. The number of aliphatic hydroxyl groups is 1. The second-order valence-electron chi connectivity index (χ2n) is 5.07. The third kappa shape index (κ3) is 4.02. The van der Waals surface area contributed by atoms with Gasteiger partial charge in [0.2, 0.25) is 0 Å². The summed E-state index contributed by atoms with van der Waals surface area (Å²) in [5.74, 6) is -0.107.